The molecule has 13 heteroatoms. The van der Waals surface area contributed by atoms with Gasteiger partial charge in [-0.3, -0.25) is 9.89 Å². The molecule has 228 valence electrons. The summed E-state index contributed by atoms with van der Waals surface area (Å²) in [7, 11) is 0. The van der Waals surface area contributed by atoms with Gasteiger partial charge in [0.25, 0.3) is 0 Å². The Morgan fingerprint density at radius 3 is 2.68 bits per heavy atom. The standard InChI is InChI=1S/C31H31FN6O4S2/c1-3-42-30(41)25-24(34-27(28-33-11-14-44-28)35-26(25)22-5-4-6-23(32)18(22)2)17-36-12-13-37-21(15-36)16-38(31(37)43)20-9-7-19(8-10-20)29(39)40/h4-11,14,21,26H,3,12-13,15-17H2,1-2H3,(H,34,35)(H,39,40)/t21?,26-/m0/s1. The fourth-order valence-electron chi connectivity index (χ4n) is 5.90. The third-order valence-corrected chi connectivity index (χ3v) is 9.34. The van der Waals surface area contributed by atoms with E-state index < -0.39 is 18.0 Å². The Balaban J connectivity index is 1.30. The highest BCUT2D eigenvalue weighted by molar-refractivity contribution is 7.80. The van der Waals surface area contributed by atoms with Gasteiger partial charge in [-0.25, -0.2) is 19.0 Å². The quantitative estimate of drug-likeness (QED) is 0.279. The average Bonchev–Trinajstić information content (AvgIpc) is 3.67. The van der Waals surface area contributed by atoms with Crippen LogP contribution < -0.4 is 10.2 Å². The third-order valence-electron chi connectivity index (χ3n) is 8.10. The van der Waals surface area contributed by atoms with Crippen LogP contribution in [0.4, 0.5) is 10.1 Å². The van der Waals surface area contributed by atoms with Crippen LogP contribution in [-0.4, -0.2) is 88.1 Å². The Morgan fingerprint density at radius 1 is 1.18 bits per heavy atom. The summed E-state index contributed by atoms with van der Waals surface area (Å²) in [6.07, 6.45) is 1.69. The van der Waals surface area contributed by atoms with E-state index >= 15 is 0 Å². The number of carboxylic acids is 1. The van der Waals surface area contributed by atoms with Gasteiger partial charge in [-0.15, -0.1) is 11.3 Å². The van der Waals surface area contributed by atoms with Crippen molar-refractivity contribution in [1.29, 1.82) is 0 Å². The van der Waals surface area contributed by atoms with Gasteiger partial charge in [-0.1, -0.05) is 12.1 Å². The molecular formula is C31H31FN6O4S2. The van der Waals surface area contributed by atoms with Crippen LogP contribution in [0.15, 0.2) is 70.3 Å². The first-order chi connectivity index (χ1) is 21.2. The number of hydrogen-bond acceptors (Lipinski definition) is 9. The molecule has 0 spiro atoms. The van der Waals surface area contributed by atoms with E-state index in [-0.39, 0.29) is 24.0 Å². The second-order valence-electron chi connectivity index (χ2n) is 10.7. The largest absolute Gasteiger partial charge is 0.478 e. The highest BCUT2D eigenvalue weighted by Gasteiger charge is 2.40. The number of carbonyl (C=O) groups excluding carboxylic acids is 1. The molecule has 10 nitrogen and oxygen atoms in total. The van der Waals surface area contributed by atoms with Gasteiger partial charge in [0.2, 0.25) is 0 Å². The molecule has 3 aliphatic heterocycles. The number of nitrogens with zero attached hydrogens (tertiary/aromatic N) is 5. The van der Waals surface area contributed by atoms with Crippen LogP contribution >= 0.6 is 23.6 Å². The Hall–Kier alpha value is -4.20. The number of aromatic carboxylic acids is 1. The van der Waals surface area contributed by atoms with Crippen LogP contribution in [0.2, 0.25) is 0 Å². The van der Waals surface area contributed by atoms with E-state index in [0.717, 1.165) is 5.69 Å². The number of fused-ring (bicyclic) bond motifs is 1. The second-order valence-corrected chi connectivity index (χ2v) is 12.0. The number of hydrogen-bond donors (Lipinski definition) is 2. The molecule has 0 radical (unpaired) electrons. The molecule has 2 atom stereocenters. The minimum Gasteiger partial charge on any atom is -0.478 e. The smallest absolute Gasteiger partial charge is 0.338 e. The van der Waals surface area contributed by atoms with Gasteiger partial charge in [0.15, 0.2) is 16.0 Å². The lowest BCUT2D eigenvalue weighted by atomic mass is 9.92. The lowest BCUT2D eigenvalue weighted by molar-refractivity contribution is -0.139. The van der Waals surface area contributed by atoms with E-state index in [2.05, 4.69) is 20.1 Å². The molecule has 2 saturated heterocycles. The summed E-state index contributed by atoms with van der Waals surface area (Å²) in [5, 5.41) is 15.9. The van der Waals surface area contributed by atoms with Crippen LogP contribution in [0.25, 0.3) is 0 Å². The normalized spacial score (nSPS) is 20.3. The maximum atomic E-state index is 14.8. The van der Waals surface area contributed by atoms with E-state index in [4.69, 9.17) is 21.9 Å². The first kappa shape index (κ1) is 29.9. The predicted octanol–water partition coefficient (Wildman–Crippen LogP) is 3.99. The first-order valence-electron chi connectivity index (χ1n) is 14.3. The summed E-state index contributed by atoms with van der Waals surface area (Å²) in [6.45, 7) is 6.75. The lowest BCUT2D eigenvalue weighted by Gasteiger charge is -2.38. The molecule has 2 N–H and O–H groups in total. The van der Waals surface area contributed by atoms with Gasteiger partial charge < -0.3 is 25.0 Å². The molecule has 44 heavy (non-hydrogen) atoms. The predicted molar refractivity (Wildman–Crippen MR) is 170 cm³/mol. The highest BCUT2D eigenvalue weighted by Crippen LogP contribution is 2.36. The number of esters is 1. The zero-order chi connectivity index (χ0) is 31.0. The minimum atomic E-state index is -0.973. The summed E-state index contributed by atoms with van der Waals surface area (Å²) < 4.78 is 20.3. The number of aromatic nitrogens is 1. The molecule has 0 saturated carbocycles. The Morgan fingerprint density at radius 2 is 1.98 bits per heavy atom. The number of piperazine rings is 1. The van der Waals surface area contributed by atoms with Gasteiger partial charge in [0.1, 0.15) is 11.9 Å². The van der Waals surface area contributed by atoms with E-state index in [9.17, 15) is 19.1 Å². The molecular weight excluding hydrogens is 604 g/mol. The maximum Gasteiger partial charge on any atom is 0.338 e. The van der Waals surface area contributed by atoms with Crippen molar-refractivity contribution in [2.45, 2.75) is 25.9 Å². The number of carbonyl (C=O) groups is 2. The van der Waals surface area contributed by atoms with Gasteiger partial charge >= 0.3 is 11.9 Å². The van der Waals surface area contributed by atoms with Crippen molar-refractivity contribution in [2.24, 2.45) is 4.99 Å². The molecule has 3 aliphatic rings. The summed E-state index contributed by atoms with van der Waals surface area (Å²) in [5.41, 5.74) is 3.09. The number of thiazole rings is 1. The number of amidine groups is 1. The number of carboxylic acid groups (broad SMARTS) is 1. The van der Waals surface area contributed by atoms with Crippen molar-refractivity contribution >= 4 is 52.1 Å². The summed E-state index contributed by atoms with van der Waals surface area (Å²) in [6, 6.07) is 10.9. The minimum absolute atomic E-state index is 0.0963. The zero-order valence-electron chi connectivity index (χ0n) is 24.2. The first-order valence-corrected chi connectivity index (χ1v) is 15.6. The topological polar surface area (TPSA) is 111 Å². The van der Waals surface area contributed by atoms with Crippen LogP contribution in [0.5, 0.6) is 0 Å². The van der Waals surface area contributed by atoms with Gasteiger partial charge in [0.05, 0.1) is 23.8 Å². The molecule has 0 bridgehead atoms. The fraction of sp³-hybridized carbons (Fsp3) is 0.323. The Bertz CT molecular complexity index is 1660. The van der Waals surface area contributed by atoms with Gasteiger partial charge in [-0.2, -0.15) is 0 Å². The number of aliphatic imine (C=N–C) groups is 1. The number of halogens is 1. The van der Waals surface area contributed by atoms with Crippen molar-refractivity contribution in [3.63, 3.8) is 0 Å². The molecule has 2 fully saturated rings. The Kier molecular flexibility index (Phi) is 8.43. The second kappa shape index (κ2) is 12.4. The Labute approximate surface area is 263 Å². The summed E-state index contributed by atoms with van der Waals surface area (Å²) in [5.74, 6) is -1.32. The van der Waals surface area contributed by atoms with E-state index in [1.165, 1.54) is 17.4 Å². The van der Waals surface area contributed by atoms with E-state index in [1.54, 1.807) is 56.4 Å². The zero-order valence-corrected chi connectivity index (χ0v) is 25.8. The SMILES string of the molecule is CCOC(=O)C1=C(CN2CCN3C(=S)N(c4ccc(C(=O)O)cc4)CC3C2)NC(c2nccs2)=N[C@H]1c1cccc(F)c1C. The van der Waals surface area contributed by atoms with E-state index in [1.807, 2.05) is 10.3 Å². The molecule has 1 aromatic heterocycles. The van der Waals surface area contributed by atoms with Crippen LogP contribution in [-0.2, 0) is 9.53 Å². The molecule has 0 amide bonds. The molecule has 6 rings (SSSR count). The molecule has 3 aromatic rings. The van der Waals surface area contributed by atoms with Gasteiger partial charge in [-0.05, 0) is 67.5 Å². The van der Waals surface area contributed by atoms with Crippen molar-refractivity contribution in [2.75, 3.05) is 44.2 Å². The van der Waals surface area contributed by atoms with Crippen LogP contribution in [0.3, 0.4) is 0 Å². The van der Waals surface area contributed by atoms with E-state index in [0.29, 0.717) is 71.1 Å². The average molecular weight is 635 g/mol. The van der Waals surface area contributed by atoms with Crippen molar-refractivity contribution in [3.05, 3.63) is 92.8 Å². The molecule has 0 aliphatic carbocycles. The number of nitrogens with one attached hydrogen (secondary N) is 1. The number of benzene rings is 2. The lowest BCUT2D eigenvalue weighted by Crippen LogP contribution is -2.53. The van der Waals surface area contributed by atoms with Crippen molar-refractivity contribution in [3.8, 4) is 0 Å². The van der Waals surface area contributed by atoms with Crippen LogP contribution in [0.1, 0.15) is 39.5 Å². The fourth-order valence-corrected chi connectivity index (χ4v) is 6.91. The maximum absolute atomic E-state index is 14.8. The molecule has 1 unspecified atom stereocenters. The van der Waals surface area contributed by atoms with Crippen molar-refractivity contribution < 1.29 is 23.8 Å². The number of thiocarbonyl (C=S) groups is 1. The highest BCUT2D eigenvalue weighted by atomic mass is 32.1. The monoisotopic (exact) mass is 634 g/mol. The molecule has 4 heterocycles. The number of ether oxygens (including phenoxy) is 1. The number of rotatable bonds is 8. The molecule has 2 aromatic carbocycles. The van der Waals surface area contributed by atoms with Crippen molar-refractivity contribution in [1.82, 2.24) is 20.1 Å². The van der Waals surface area contributed by atoms with Crippen LogP contribution in [0, 0.1) is 12.7 Å². The summed E-state index contributed by atoms with van der Waals surface area (Å²) in [4.78, 5) is 40.7. The number of anilines is 1. The van der Waals surface area contributed by atoms with Gasteiger partial charge in [0, 0.05) is 55.7 Å². The third kappa shape index (κ3) is 5.70. The summed E-state index contributed by atoms with van der Waals surface area (Å²) >= 11 is 7.25.